The largest absolute Gasteiger partial charge is 0.478 e. The molecule has 0 amide bonds. The zero-order valence-electron chi connectivity index (χ0n) is 13.6. The van der Waals surface area contributed by atoms with Crippen molar-refractivity contribution in [2.75, 3.05) is 11.0 Å². The number of ether oxygens (including phenoxy) is 1. The molecular weight excluding hydrogens is 334 g/mol. The maximum absolute atomic E-state index is 11.5. The third-order valence-corrected chi connectivity index (χ3v) is 4.05. The van der Waals surface area contributed by atoms with E-state index in [2.05, 4.69) is 4.72 Å². The van der Waals surface area contributed by atoms with Gasteiger partial charge in [0.15, 0.2) is 0 Å². The van der Waals surface area contributed by atoms with Crippen LogP contribution in [0.15, 0.2) is 72.8 Å². The van der Waals surface area contributed by atoms with E-state index in [4.69, 9.17) is 4.74 Å². The molecule has 0 aliphatic heterocycles. The highest BCUT2D eigenvalue weighted by Gasteiger charge is 2.11. The van der Waals surface area contributed by atoms with Crippen molar-refractivity contribution < 1.29 is 14.6 Å². The van der Waals surface area contributed by atoms with Crippen LogP contribution in [0.2, 0.25) is 0 Å². The van der Waals surface area contributed by atoms with E-state index in [9.17, 15) is 9.90 Å². The summed E-state index contributed by atoms with van der Waals surface area (Å²) in [6, 6.07) is 22.5. The Morgan fingerprint density at radius 3 is 2.20 bits per heavy atom. The summed E-state index contributed by atoms with van der Waals surface area (Å²) in [5, 5.41) is 9.40. The van der Waals surface area contributed by atoms with Gasteiger partial charge in [-0.2, -0.15) is 0 Å². The first-order valence-electron chi connectivity index (χ1n) is 7.67. The third-order valence-electron chi connectivity index (χ3n) is 3.63. The fourth-order valence-corrected chi connectivity index (χ4v) is 2.84. The molecular formula is C20H17NO3S. The van der Waals surface area contributed by atoms with Gasteiger partial charge in [-0.25, -0.2) is 4.79 Å². The number of carboxylic acid groups (broad SMARTS) is 1. The summed E-state index contributed by atoms with van der Waals surface area (Å²) >= 11 is 1.36. The topological polar surface area (TPSA) is 58.6 Å². The molecule has 3 aromatic carbocycles. The maximum atomic E-state index is 11.5. The Balaban J connectivity index is 1.84. The molecule has 126 valence electrons. The van der Waals surface area contributed by atoms with Gasteiger partial charge in [0.25, 0.3) is 0 Å². The van der Waals surface area contributed by atoms with Crippen molar-refractivity contribution in [3.05, 3.63) is 78.4 Å². The molecule has 0 atom stereocenters. The van der Waals surface area contributed by atoms with Crippen molar-refractivity contribution in [1.29, 1.82) is 0 Å². The van der Waals surface area contributed by atoms with Gasteiger partial charge >= 0.3 is 5.97 Å². The van der Waals surface area contributed by atoms with E-state index < -0.39 is 5.97 Å². The van der Waals surface area contributed by atoms with Gasteiger partial charge in [0.1, 0.15) is 11.5 Å². The minimum absolute atomic E-state index is 0.247. The first kappa shape index (κ1) is 16.9. The number of benzene rings is 3. The summed E-state index contributed by atoms with van der Waals surface area (Å²) < 4.78 is 8.76. The van der Waals surface area contributed by atoms with E-state index >= 15 is 0 Å². The van der Waals surface area contributed by atoms with Crippen molar-refractivity contribution in [2.24, 2.45) is 0 Å². The lowest BCUT2D eigenvalue weighted by atomic mass is 10.0. The number of carbonyl (C=O) groups is 1. The van der Waals surface area contributed by atoms with Gasteiger partial charge < -0.3 is 14.6 Å². The van der Waals surface area contributed by atoms with Gasteiger partial charge in [0.2, 0.25) is 0 Å². The number of hydrogen-bond donors (Lipinski definition) is 2. The molecule has 0 saturated heterocycles. The second-order valence-electron chi connectivity index (χ2n) is 5.31. The number of nitrogens with one attached hydrogen (secondary N) is 1. The van der Waals surface area contributed by atoms with E-state index in [1.807, 2.05) is 66.9 Å². The Hall–Kier alpha value is -2.92. The molecule has 4 nitrogen and oxygen atoms in total. The fourth-order valence-electron chi connectivity index (χ4n) is 2.44. The average Bonchev–Trinajstić information content (AvgIpc) is 2.64. The van der Waals surface area contributed by atoms with Crippen LogP contribution in [0.4, 0.5) is 5.69 Å². The van der Waals surface area contributed by atoms with Gasteiger partial charge in [-0.15, -0.1) is 0 Å². The van der Waals surface area contributed by atoms with E-state index in [1.54, 1.807) is 12.1 Å². The molecule has 3 rings (SSSR count). The van der Waals surface area contributed by atoms with E-state index in [0.29, 0.717) is 5.69 Å². The van der Waals surface area contributed by atoms with E-state index in [1.165, 1.54) is 11.9 Å². The van der Waals surface area contributed by atoms with Crippen LogP contribution in [0.3, 0.4) is 0 Å². The third kappa shape index (κ3) is 4.14. The van der Waals surface area contributed by atoms with Crippen LogP contribution in [0, 0.1) is 0 Å². The van der Waals surface area contributed by atoms with Crippen molar-refractivity contribution in [1.82, 2.24) is 0 Å². The fraction of sp³-hybridized carbons (Fsp3) is 0.0500. The van der Waals surface area contributed by atoms with Crippen LogP contribution in [0.5, 0.6) is 11.5 Å². The summed E-state index contributed by atoms with van der Waals surface area (Å²) in [5.41, 5.74) is 2.61. The van der Waals surface area contributed by atoms with Crippen LogP contribution in [0.1, 0.15) is 10.4 Å². The zero-order chi connectivity index (χ0) is 17.6. The molecule has 3 aromatic rings. The number of para-hydroxylation sites is 1. The number of aromatic carboxylic acids is 1. The highest BCUT2D eigenvalue weighted by molar-refractivity contribution is 7.99. The smallest absolute Gasteiger partial charge is 0.337 e. The Morgan fingerprint density at radius 1 is 0.920 bits per heavy atom. The molecule has 25 heavy (non-hydrogen) atoms. The van der Waals surface area contributed by atoms with Gasteiger partial charge in [0, 0.05) is 6.26 Å². The van der Waals surface area contributed by atoms with E-state index in [0.717, 1.165) is 22.6 Å². The maximum Gasteiger partial charge on any atom is 0.337 e. The van der Waals surface area contributed by atoms with Gasteiger partial charge in [0.05, 0.1) is 11.3 Å². The lowest BCUT2D eigenvalue weighted by Crippen LogP contribution is -2.01. The number of hydrogen-bond acceptors (Lipinski definition) is 4. The number of anilines is 1. The average molecular weight is 351 g/mol. The van der Waals surface area contributed by atoms with Crippen LogP contribution >= 0.6 is 11.9 Å². The van der Waals surface area contributed by atoms with Crippen LogP contribution in [-0.4, -0.2) is 17.3 Å². The standard InChI is InChI=1S/C20H17NO3S/c1-25-21-19-12-9-15(13-18(19)20(22)23)14-7-10-17(11-8-14)24-16-5-3-2-4-6-16/h2-13,21H,1H3,(H,22,23). The second-order valence-corrected chi connectivity index (χ2v) is 5.92. The Kier molecular flexibility index (Phi) is 5.26. The molecule has 0 radical (unpaired) electrons. The molecule has 0 saturated carbocycles. The Bertz CT molecular complexity index is 864. The summed E-state index contributed by atoms with van der Waals surface area (Å²) in [6.07, 6.45) is 1.85. The normalized spacial score (nSPS) is 10.3. The number of carboxylic acids is 1. The molecule has 0 spiro atoms. The van der Waals surface area contributed by atoms with Gasteiger partial charge in [-0.05, 0) is 47.5 Å². The predicted octanol–water partition coefficient (Wildman–Crippen LogP) is 5.53. The molecule has 2 N–H and O–H groups in total. The number of rotatable bonds is 6. The first-order valence-corrected chi connectivity index (χ1v) is 8.89. The Labute approximate surface area is 150 Å². The second kappa shape index (κ2) is 7.77. The lowest BCUT2D eigenvalue weighted by Gasteiger charge is -2.10. The minimum atomic E-state index is -0.956. The quantitative estimate of drug-likeness (QED) is 0.572. The lowest BCUT2D eigenvalue weighted by molar-refractivity contribution is 0.0698. The van der Waals surface area contributed by atoms with Crippen molar-refractivity contribution in [2.45, 2.75) is 0 Å². The van der Waals surface area contributed by atoms with E-state index in [-0.39, 0.29) is 5.56 Å². The highest BCUT2D eigenvalue weighted by Crippen LogP contribution is 2.29. The van der Waals surface area contributed by atoms with Crippen molar-refractivity contribution in [3.8, 4) is 22.6 Å². The summed E-state index contributed by atoms with van der Waals surface area (Å²) in [6.45, 7) is 0. The SMILES string of the molecule is CSNc1ccc(-c2ccc(Oc3ccccc3)cc2)cc1C(=O)O. The van der Waals surface area contributed by atoms with Gasteiger partial charge in [-0.3, -0.25) is 0 Å². The predicted molar refractivity (Wildman–Crippen MR) is 102 cm³/mol. The van der Waals surface area contributed by atoms with Crippen LogP contribution in [0.25, 0.3) is 11.1 Å². The highest BCUT2D eigenvalue weighted by atomic mass is 32.2. The monoisotopic (exact) mass is 351 g/mol. The first-order chi connectivity index (χ1) is 12.2. The van der Waals surface area contributed by atoms with Crippen molar-refractivity contribution >= 4 is 23.6 Å². The zero-order valence-corrected chi connectivity index (χ0v) is 14.4. The summed E-state index contributed by atoms with van der Waals surface area (Å²) in [5.74, 6) is 0.549. The van der Waals surface area contributed by atoms with Crippen LogP contribution in [-0.2, 0) is 0 Å². The molecule has 0 unspecified atom stereocenters. The summed E-state index contributed by atoms with van der Waals surface area (Å²) in [4.78, 5) is 11.5. The summed E-state index contributed by atoms with van der Waals surface area (Å²) in [7, 11) is 0. The Morgan fingerprint density at radius 2 is 1.56 bits per heavy atom. The van der Waals surface area contributed by atoms with Crippen molar-refractivity contribution in [3.63, 3.8) is 0 Å². The molecule has 0 fully saturated rings. The molecule has 0 aliphatic carbocycles. The molecule has 0 heterocycles. The van der Waals surface area contributed by atoms with Crippen LogP contribution < -0.4 is 9.46 Å². The molecule has 0 aliphatic rings. The molecule has 0 aromatic heterocycles. The molecule has 0 bridgehead atoms. The molecule has 5 heteroatoms. The minimum Gasteiger partial charge on any atom is -0.478 e. The van der Waals surface area contributed by atoms with Gasteiger partial charge in [-0.1, -0.05) is 48.3 Å².